The molecule has 5 atom stereocenters. The van der Waals surface area contributed by atoms with Crippen molar-refractivity contribution in [3.8, 4) is 0 Å². The fourth-order valence-electron chi connectivity index (χ4n) is 4.05. The monoisotopic (exact) mass is 443 g/mol. The van der Waals surface area contributed by atoms with Crippen LogP contribution in [0.3, 0.4) is 0 Å². The third-order valence-electron chi connectivity index (χ3n) is 5.71. The van der Waals surface area contributed by atoms with Crippen molar-refractivity contribution in [3.05, 3.63) is 70.3 Å². The number of alkyl halides is 3. The highest BCUT2D eigenvalue weighted by molar-refractivity contribution is 7.80. The van der Waals surface area contributed by atoms with Gasteiger partial charge < -0.3 is 25.2 Å². The standard InChI is InChI=1S/C21H21F3O5S/c22-21(23,24)14-5-2-11(3-6-14)7-12-1-4-13-10-29-20(15(13)8-12)19(28)18(27)17(26)16(9-25)30-20/h1-6,8,16-19,25-28H,7,9-10H2/p+1/t16-,17-,18?,19-,20+/m1/s1. The number of rotatable bonds is 3. The Morgan fingerprint density at radius 2 is 1.67 bits per heavy atom. The number of fused-ring (bicyclic) bond motifs is 2. The van der Waals surface area contributed by atoms with Crippen LogP contribution in [0.2, 0.25) is 0 Å². The summed E-state index contributed by atoms with van der Waals surface area (Å²) in [6, 6.07) is 10.4. The van der Waals surface area contributed by atoms with Crippen LogP contribution in [0.15, 0.2) is 42.5 Å². The van der Waals surface area contributed by atoms with Crippen molar-refractivity contribution in [2.75, 3.05) is 6.61 Å². The van der Waals surface area contributed by atoms with E-state index < -0.39 is 40.2 Å². The van der Waals surface area contributed by atoms with Gasteiger partial charge in [-0.3, -0.25) is 0 Å². The minimum atomic E-state index is -4.39. The van der Waals surface area contributed by atoms with Gasteiger partial charge in [-0.05, 0) is 41.3 Å². The van der Waals surface area contributed by atoms with Crippen LogP contribution in [-0.2, 0) is 40.6 Å². The molecule has 1 saturated heterocycles. The van der Waals surface area contributed by atoms with E-state index in [9.17, 15) is 33.6 Å². The van der Waals surface area contributed by atoms with E-state index in [1.807, 2.05) is 18.2 Å². The molecular formula is C21H22F3O5S+. The number of hydrogen-bond donors (Lipinski definition) is 4. The second kappa shape index (κ2) is 7.81. The van der Waals surface area contributed by atoms with Crippen LogP contribution in [-0.4, -0.2) is 50.6 Å². The van der Waals surface area contributed by atoms with Crippen molar-refractivity contribution < 1.29 is 38.3 Å². The highest BCUT2D eigenvalue weighted by Crippen LogP contribution is 2.46. The van der Waals surface area contributed by atoms with E-state index in [0.29, 0.717) is 29.3 Å². The SMILES string of the molecule is OC[C@H]1[SH+][C@]2(OCc3ccc(Cc4ccc(C(F)(F)F)cc4)cc32)[C@H](O)C(O)[C@@H]1O. The minimum Gasteiger partial charge on any atom is -0.391 e. The summed E-state index contributed by atoms with van der Waals surface area (Å²) in [5.41, 5.74) is 2.27. The number of aliphatic hydroxyl groups is 4. The number of aliphatic hydroxyl groups excluding tert-OH is 4. The minimum absolute atomic E-state index is 0.209. The fraction of sp³-hybridized carbons (Fsp3) is 0.429. The lowest BCUT2D eigenvalue weighted by molar-refractivity contribution is -0.148. The zero-order valence-electron chi connectivity index (χ0n) is 15.8. The Morgan fingerprint density at radius 3 is 2.30 bits per heavy atom. The predicted molar refractivity (Wildman–Crippen MR) is 105 cm³/mol. The van der Waals surface area contributed by atoms with Gasteiger partial charge in [-0.2, -0.15) is 13.2 Å². The van der Waals surface area contributed by atoms with Crippen molar-refractivity contribution in [2.24, 2.45) is 0 Å². The van der Waals surface area contributed by atoms with Crippen LogP contribution >= 0.6 is 0 Å². The van der Waals surface area contributed by atoms with E-state index >= 15 is 0 Å². The third kappa shape index (κ3) is 3.63. The average Bonchev–Trinajstić information content (AvgIpc) is 3.08. The molecule has 1 fully saturated rings. The second-order valence-corrected chi connectivity index (χ2v) is 9.24. The molecule has 9 heteroatoms. The lowest BCUT2D eigenvalue weighted by Crippen LogP contribution is -2.62. The van der Waals surface area contributed by atoms with Crippen molar-refractivity contribution in [2.45, 2.75) is 47.7 Å². The molecule has 162 valence electrons. The summed E-state index contributed by atoms with van der Waals surface area (Å²) < 4.78 is 44.2. The first-order valence-corrected chi connectivity index (χ1v) is 10.4. The van der Waals surface area contributed by atoms with E-state index in [1.54, 1.807) is 0 Å². The van der Waals surface area contributed by atoms with Crippen molar-refractivity contribution in [1.82, 2.24) is 0 Å². The van der Waals surface area contributed by atoms with E-state index in [1.165, 1.54) is 12.1 Å². The Hall–Kier alpha value is -1.62. The van der Waals surface area contributed by atoms with Crippen LogP contribution in [0, 0.1) is 0 Å². The Bertz CT molecular complexity index is 918. The maximum Gasteiger partial charge on any atom is 0.416 e. The zero-order valence-corrected chi connectivity index (χ0v) is 16.6. The summed E-state index contributed by atoms with van der Waals surface area (Å²) in [6.07, 6.45) is -8.16. The number of halogens is 3. The second-order valence-electron chi connectivity index (χ2n) is 7.65. The first-order chi connectivity index (χ1) is 14.2. The van der Waals surface area contributed by atoms with Gasteiger partial charge in [0.1, 0.15) is 12.2 Å². The normalized spacial score (nSPS) is 31.2. The molecule has 2 aromatic rings. The largest absolute Gasteiger partial charge is 0.416 e. The van der Waals surface area contributed by atoms with Gasteiger partial charge in [-0.25, -0.2) is 0 Å². The fourth-order valence-corrected chi connectivity index (χ4v) is 5.75. The summed E-state index contributed by atoms with van der Waals surface area (Å²) in [7, 11) is 0. The molecule has 30 heavy (non-hydrogen) atoms. The molecule has 0 aromatic heterocycles. The number of thiol groups is 1. The summed E-state index contributed by atoms with van der Waals surface area (Å²) in [5.74, 6) is 0. The molecule has 5 nitrogen and oxygen atoms in total. The van der Waals surface area contributed by atoms with Crippen LogP contribution in [0.25, 0.3) is 0 Å². The van der Waals surface area contributed by atoms with Crippen molar-refractivity contribution in [1.29, 1.82) is 0 Å². The number of hydrogen-bond acceptors (Lipinski definition) is 5. The van der Waals surface area contributed by atoms with E-state index in [0.717, 1.165) is 23.3 Å². The van der Waals surface area contributed by atoms with Gasteiger partial charge in [0, 0.05) is 17.3 Å². The smallest absolute Gasteiger partial charge is 0.391 e. The number of ether oxygens (including phenoxy) is 1. The molecule has 2 aliphatic heterocycles. The Kier molecular flexibility index (Phi) is 5.63. The maximum atomic E-state index is 12.8. The molecule has 0 radical (unpaired) electrons. The van der Waals surface area contributed by atoms with E-state index in [4.69, 9.17) is 4.74 Å². The van der Waals surface area contributed by atoms with Gasteiger partial charge in [-0.15, -0.1) is 0 Å². The molecule has 0 amide bonds. The van der Waals surface area contributed by atoms with Gasteiger partial charge in [0.25, 0.3) is 4.93 Å². The zero-order chi connectivity index (χ0) is 21.7. The van der Waals surface area contributed by atoms with Crippen LogP contribution in [0.1, 0.15) is 27.8 Å². The van der Waals surface area contributed by atoms with E-state index in [2.05, 4.69) is 0 Å². The van der Waals surface area contributed by atoms with Crippen LogP contribution in [0.5, 0.6) is 0 Å². The Balaban J connectivity index is 1.63. The molecule has 2 aliphatic rings. The number of benzene rings is 2. The molecule has 2 aromatic carbocycles. The first-order valence-electron chi connectivity index (χ1n) is 9.45. The van der Waals surface area contributed by atoms with Crippen LogP contribution < -0.4 is 0 Å². The molecule has 0 saturated carbocycles. The molecule has 4 rings (SSSR count). The summed E-state index contributed by atoms with van der Waals surface area (Å²) in [5, 5.41) is 40.0. The highest BCUT2D eigenvalue weighted by atomic mass is 32.2. The van der Waals surface area contributed by atoms with Gasteiger partial charge in [0.15, 0.2) is 11.4 Å². The topological polar surface area (TPSA) is 90.2 Å². The van der Waals surface area contributed by atoms with Gasteiger partial charge in [-0.1, -0.05) is 24.3 Å². The summed E-state index contributed by atoms with van der Waals surface area (Å²) in [6.45, 7) is -0.168. The molecular weight excluding hydrogens is 421 g/mol. The van der Waals surface area contributed by atoms with E-state index in [-0.39, 0.29) is 13.2 Å². The average molecular weight is 443 g/mol. The van der Waals surface area contributed by atoms with Gasteiger partial charge in [0.2, 0.25) is 0 Å². The molecule has 0 aliphatic carbocycles. The van der Waals surface area contributed by atoms with Gasteiger partial charge >= 0.3 is 6.18 Å². The highest BCUT2D eigenvalue weighted by Gasteiger charge is 2.64. The molecule has 1 unspecified atom stereocenters. The molecule has 0 bridgehead atoms. The predicted octanol–water partition coefficient (Wildman–Crippen LogP) is 1.25. The lowest BCUT2D eigenvalue weighted by Gasteiger charge is -2.39. The maximum absolute atomic E-state index is 12.8. The Labute approximate surface area is 175 Å². The molecule has 2 heterocycles. The molecule has 1 spiro atoms. The Morgan fingerprint density at radius 1 is 1.00 bits per heavy atom. The summed E-state index contributed by atoms with van der Waals surface area (Å²) in [4.78, 5) is -1.28. The van der Waals surface area contributed by atoms with Crippen LogP contribution in [0.4, 0.5) is 13.2 Å². The van der Waals surface area contributed by atoms with Crippen molar-refractivity contribution in [3.63, 3.8) is 0 Å². The summed E-state index contributed by atoms with van der Waals surface area (Å²) >= 11 is 0.448. The first kappa shape index (κ1) is 21.6. The van der Waals surface area contributed by atoms with Crippen molar-refractivity contribution >= 4 is 11.8 Å². The quantitative estimate of drug-likeness (QED) is 0.424. The third-order valence-corrected chi connectivity index (χ3v) is 7.53. The van der Waals surface area contributed by atoms with Gasteiger partial charge in [0.05, 0.1) is 18.8 Å². The molecule has 4 N–H and O–H groups in total. The lowest BCUT2D eigenvalue weighted by atomic mass is 9.91.